The van der Waals surface area contributed by atoms with Crippen LogP contribution in [0.25, 0.3) is 0 Å². The quantitative estimate of drug-likeness (QED) is 0.688. The fraction of sp³-hybridized carbons (Fsp3) is 0.444. The molecule has 70 valence electrons. The summed E-state index contributed by atoms with van der Waals surface area (Å²) in [6.07, 6.45) is 1.55. The number of furan rings is 1. The van der Waals surface area contributed by atoms with E-state index in [1.54, 1.807) is 17.2 Å². The van der Waals surface area contributed by atoms with E-state index in [1.165, 1.54) is 0 Å². The Labute approximate surface area is 76.5 Å². The maximum atomic E-state index is 11.7. The second kappa shape index (κ2) is 3.22. The third-order valence-electron chi connectivity index (χ3n) is 2.20. The fourth-order valence-electron chi connectivity index (χ4n) is 1.42. The highest BCUT2D eigenvalue weighted by Gasteiger charge is 2.22. The molecule has 2 heterocycles. The van der Waals surface area contributed by atoms with Crippen LogP contribution in [0.2, 0.25) is 0 Å². The monoisotopic (exact) mass is 180 g/mol. The molecule has 0 radical (unpaired) electrons. The van der Waals surface area contributed by atoms with Gasteiger partial charge in [0.2, 0.25) is 0 Å². The third-order valence-corrected chi connectivity index (χ3v) is 2.20. The number of hydrogen-bond acceptors (Lipinski definition) is 3. The molecule has 4 heteroatoms. The molecule has 1 fully saturated rings. The van der Waals surface area contributed by atoms with Gasteiger partial charge in [-0.15, -0.1) is 0 Å². The summed E-state index contributed by atoms with van der Waals surface area (Å²) in [7, 11) is 0. The average molecular weight is 180 g/mol. The standard InChI is InChI=1S/C9H12N2O2/c1-7-2-5-13-8(7)9(12)11-4-3-10-6-11/h2,5,10H,3-4,6H2,1H3. The van der Waals surface area contributed by atoms with Gasteiger partial charge in [-0.05, 0) is 13.0 Å². The Bertz CT molecular complexity index is 313. The van der Waals surface area contributed by atoms with Crippen LogP contribution in [0.4, 0.5) is 0 Å². The minimum Gasteiger partial charge on any atom is -0.459 e. The van der Waals surface area contributed by atoms with Crippen LogP contribution in [0.5, 0.6) is 0 Å². The van der Waals surface area contributed by atoms with E-state index in [1.807, 2.05) is 6.92 Å². The molecule has 1 amide bonds. The molecule has 0 spiro atoms. The normalized spacial score (nSPS) is 16.5. The Kier molecular flexibility index (Phi) is 2.06. The first-order valence-electron chi connectivity index (χ1n) is 4.33. The van der Waals surface area contributed by atoms with Gasteiger partial charge in [0.25, 0.3) is 5.91 Å². The SMILES string of the molecule is Cc1ccoc1C(=O)N1CCNC1. The van der Waals surface area contributed by atoms with E-state index in [9.17, 15) is 4.79 Å². The Morgan fingerprint density at radius 1 is 1.69 bits per heavy atom. The first-order valence-corrected chi connectivity index (χ1v) is 4.33. The minimum absolute atomic E-state index is 0.0208. The molecule has 0 aromatic carbocycles. The van der Waals surface area contributed by atoms with Crippen molar-refractivity contribution in [1.82, 2.24) is 10.2 Å². The topological polar surface area (TPSA) is 45.5 Å². The van der Waals surface area contributed by atoms with E-state index >= 15 is 0 Å². The van der Waals surface area contributed by atoms with Crippen molar-refractivity contribution in [1.29, 1.82) is 0 Å². The van der Waals surface area contributed by atoms with E-state index in [4.69, 9.17) is 4.42 Å². The van der Waals surface area contributed by atoms with E-state index in [2.05, 4.69) is 5.32 Å². The second-order valence-corrected chi connectivity index (χ2v) is 3.16. The number of aryl methyl sites for hydroxylation is 1. The van der Waals surface area contributed by atoms with Crippen molar-refractivity contribution in [2.45, 2.75) is 6.92 Å². The van der Waals surface area contributed by atoms with Gasteiger partial charge in [-0.25, -0.2) is 0 Å². The summed E-state index contributed by atoms with van der Waals surface area (Å²) >= 11 is 0. The van der Waals surface area contributed by atoms with Crippen LogP contribution in [-0.2, 0) is 0 Å². The summed E-state index contributed by atoms with van der Waals surface area (Å²) in [5, 5.41) is 3.10. The van der Waals surface area contributed by atoms with Crippen molar-refractivity contribution >= 4 is 5.91 Å². The maximum absolute atomic E-state index is 11.7. The number of hydrogen-bond donors (Lipinski definition) is 1. The molecule has 0 aliphatic carbocycles. The average Bonchev–Trinajstić information content (AvgIpc) is 2.72. The largest absolute Gasteiger partial charge is 0.459 e. The Balaban J connectivity index is 2.17. The van der Waals surface area contributed by atoms with Crippen LogP contribution in [-0.4, -0.2) is 30.6 Å². The first kappa shape index (κ1) is 8.31. The van der Waals surface area contributed by atoms with Crippen molar-refractivity contribution in [3.05, 3.63) is 23.7 Å². The van der Waals surface area contributed by atoms with E-state index in [-0.39, 0.29) is 5.91 Å². The van der Waals surface area contributed by atoms with Gasteiger partial charge in [-0.3, -0.25) is 10.1 Å². The van der Waals surface area contributed by atoms with E-state index in [0.29, 0.717) is 12.4 Å². The molecular formula is C9H12N2O2. The van der Waals surface area contributed by atoms with Gasteiger partial charge in [-0.1, -0.05) is 0 Å². The Morgan fingerprint density at radius 2 is 2.54 bits per heavy atom. The zero-order chi connectivity index (χ0) is 9.26. The van der Waals surface area contributed by atoms with Gasteiger partial charge in [0.15, 0.2) is 5.76 Å². The summed E-state index contributed by atoms with van der Waals surface area (Å²) in [6, 6.07) is 1.80. The molecule has 4 nitrogen and oxygen atoms in total. The molecule has 1 saturated heterocycles. The Morgan fingerprint density at radius 3 is 3.08 bits per heavy atom. The highest BCUT2D eigenvalue weighted by Crippen LogP contribution is 2.12. The van der Waals surface area contributed by atoms with Crippen molar-refractivity contribution in [2.75, 3.05) is 19.8 Å². The molecule has 1 aromatic heterocycles. The maximum Gasteiger partial charge on any atom is 0.290 e. The van der Waals surface area contributed by atoms with Gasteiger partial charge < -0.3 is 9.32 Å². The molecule has 0 bridgehead atoms. The van der Waals surface area contributed by atoms with Crippen molar-refractivity contribution in [2.24, 2.45) is 0 Å². The lowest BCUT2D eigenvalue weighted by Crippen LogP contribution is -2.29. The predicted octanol–water partition coefficient (Wildman–Crippen LogP) is 0.591. The van der Waals surface area contributed by atoms with Gasteiger partial charge in [-0.2, -0.15) is 0 Å². The first-order chi connectivity index (χ1) is 6.29. The fourth-order valence-corrected chi connectivity index (χ4v) is 1.42. The molecule has 1 aliphatic rings. The number of nitrogens with zero attached hydrogens (tertiary/aromatic N) is 1. The smallest absolute Gasteiger partial charge is 0.290 e. The number of carbonyl (C=O) groups excluding carboxylic acids is 1. The van der Waals surface area contributed by atoms with Crippen molar-refractivity contribution in [3.63, 3.8) is 0 Å². The van der Waals surface area contributed by atoms with Crippen molar-refractivity contribution in [3.8, 4) is 0 Å². The lowest BCUT2D eigenvalue weighted by Gasteiger charge is -2.12. The van der Waals surface area contributed by atoms with Crippen LogP contribution in [0.1, 0.15) is 16.1 Å². The van der Waals surface area contributed by atoms with E-state index < -0.39 is 0 Å². The van der Waals surface area contributed by atoms with Crippen LogP contribution in [0, 0.1) is 6.92 Å². The summed E-state index contributed by atoms with van der Waals surface area (Å²) in [5.74, 6) is 0.441. The number of nitrogens with one attached hydrogen (secondary N) is 1. The number of carbonyl (C=O) groups is 1. The summed E-state index contributed by atoms with van der Waals surface area (Å²) in [4.78, 5) is 13.5. The van der Waals surface area contributed by atoms with Crippen LogP contribution in [0.15, 0.2) is 16.7 Å². The lowest BCUT2D eigenvalue weighted by molar-refractivity contribution is 0.0758. The third kappa shape index (κ3) is 1.45. The summed E-state index contributed by atoms with van der Waals surface area (Å²) < 4.78 is 5.12. The zero-order valence-corrected chi connectivity index (χ0v) is 7.54. The Hall–Kier alpha value is -1.29. The molecule has 0 atom stereocenters. The molecular weight excluding hydrogens is 168 g/mol. The summed E-state index contributed by atoms with van der Waals surface area (Å²) in [5.41, 5.74) is 0.900. The minimum atomic E-state index is -0.0208. The van der Waals surface area contributed by atoms with Crippen molar-refractivity contribution < 1.29 is 9.21 Å². The second-order valence-electron chi connectivity index (χ2n) is 3.16. The van der Waals surface area contributed by atoms with Crippen LogP contribution < -0.4 is 5.32 Å². The molecule has 1 aromatic rings. The summed E-state index contributed by atoms with van der Waals surface area (Å²) in [6.45, 7) is 4.13. The van der Waals surface area contributed by atoms with Gasteiger partial charge >= 0.3 is 0 Å². The highest BCUT2D eigenvalue weighted by molar-refractivity contribution is 5.92. The molecule has 13 heavy (non-hydrogen) atoms. The van der Waals surface area contributed by atoms with Crippen LogP contribution >= 0.6 is 0 Å². The van der Waals surface area contributed by atoms with Gasteiger partial charge in [0.1, 0.15) is 0 Å². The molecule has 2 rings (SSSR count). The lowest BCUT2D eigenvalue weighted by atomic mass is 10.2. The number of amides is 1. The van der Waals surface area contributed by atoms with Gasteiger partial charge in [0, 0.05) is 18.7 Å². The number of rotatable bonds is 1. The molecule has 1 N–H and O–H groups in total. The molecule has 0 saturated carbocycles. The highest BCUT2D eigenvalue weighted by atomic mass is 16.3. The zero-order valence-electron chi connectivity index (χ0n) is 7.54. The molecule has 1 aliphatic heterocycles. The molecule has 0 unspecified atom stereocenters. The van der Waals surface area contributed by atoms with E-state index in [0.717, 1.165) is 18.7 Å². The predicted molar refractivity (Wildman–Crippen MR) is 47.4 cm³/mol. The van der Waals surface area contributed by atoms with Crippen LogP contribution in [0.3, 0.4) is 0 Å². The van der Waals surface area contributed by atoms with Gasteiger partial charge in [0.05, 0.1) is 12.9 Å².